The van der Waals surface area contributed by atoms with E-state index in [-0.39, 0.29) is 5.56 Å². The second-order valence-corrected chi connectivity index (χ2v) is 3.98. The number of para-hydroxylation sites is 1. The lowest BCUT2D eigenvalue weighted by molar-refractivity contribution is 0.0688. The third kappa shape index (κ3) is 2.21. The van der Waals surface area contributed by atoms with E-state index in [4.69, 9.17) is 20.8 Å². The summed E-state index contributed by atoms with van der Waals surface area (Å²) in [5.74, 6) is -1.03. The minimum Gasteiger partial charge on any atom is -0.478 e. The second-order valence-electron chi connectivity index (χ2n) is 3.98. The molecule has 94 valence electrons. The molecule has 0 aromatic heterocycles. The molecule has 2 rings (SSSR count). The first-order valence-corrected chi connectivity index (χ1v) is 5.51. The number of morpholine rings is 1. The first-order valence-electron chi connectivity index (χ1n) is 5.51. The Bertz CT molecular complexity index is 510. The Morgan fingerprint density at radius 3 is 3.06 bits per heavy atom. The summed E-state index contributed by atoms with van der Waals surface area (Å²) in [7, 11) is 0. The van der Waals surface area contributed by atoms with Crippen molar-refractivity contribution in [1.29, 1.82) is 5.26 Å². The average molecular weight is 247 g/mol. The molecule has 6 nitrogen and oxygen atoms in total. The summed E-state index contributed by atoms with van der Waals surface area (Å²) >= 11 is 0. The lowest BCUT2D eigenvalue weighted by Crippen LogP contribution is -2.42. The van der Waals surface area contributed by atoms with Gasteiger partial charge in [0, 0.05) is 6.54 Å². The fraction of sp³-hybridized carbons (Fsp3) is 0.333. The molecule has 6 heteroatoms. The molecule has 0 aliphatic carbocycles. The maximum atomic E-state index is 11.2. The van der Waals surface area contributed by atoms with Crippen LogP contribution in [0.4, 0.5) is 11.4 Å². The minimum atomic E-state index is -1.03. The molecule has 1 atom stereocenters. The van der Waals surface area contributed by atoms with E-state index in [0.29, 0.717) is 31.1 Å². The van der Waals surface area contributed by atoms with Crippen molar-refractivity contribution in [3.63, 3.8) is 0 Å². The lowest BCUT2D eigenvalue weighted by Gasteiger charge is -2.33. The maximum absolute atomic E-state index is 11.2. The molecule has 0 bridgehead atoms. The molecule has 1 saturated heterocycles. The van der Waals surface area contributed by atoms with E-state index >= 15 is 0 Å². The highest BCUT2D eigenvalue weighted by Gasteiger charge is 2.25. The van der Waals surface area contributed by atoms with Crippen molar-refractivity contribution in [3.05, 3.63) is 23.8 Å². The number of hydrogen-bond acceptors (Lipinski definition) is 5. The second kappa shape index (κ2) is 4.94. The van der Waals surface area contributed by atoms with Crippen LogP contribution in [-0.4, -0.2) is 36.9 Å². The Balaban J connectivity index is 2.38. The van der Waals surface area contributed by atoms with E-state index < -0.39 is 12.1 Å². The number of aromatic carboxylic acids is 1. The molecule has 1 aliphatic rings. The molecule has 1 aliphatic heterocycles. The van der Waals surface area contributed by atoms with E-state index in [9.17, 15) is 4.79 Å². The highest BCUT2D eigenvalue weighted by atomic mass is 16.5. The van der Waals surface area contributed by atoms with Crippen LogP contribution < -0.4 is 10.6 Å². The molecular formula is C12H13N3O3. The molecule has 0 spiro atoms. The van der Waals surface area contributed by atoms with Crippen LogP contribution in [0.1, 0.15) is 10.4 Å². The summed E-state index contributed by atoms with van der Waals surface area (Å²) < 4.78 is 5.23. The molecular weight excluding hydrogens is 234 g/mol. The van der Waals surface area contributed by atoms with Crippen LogP contribution >= 0.6 is 0 Å². The van der Waals surface area contributed by atoms with E-state index in [1.807, 2.05) is 6.07 Å². The number of nitriles is 1. The molecule has 0 saturated carbocycles. The predicted molar refractivity (Wildman–Crippen MR) is 65.4 cm³/mol. The average Bonchev–Trinajstić information content (AvgIpc) is 2.38. The third-order valence-electron chi connectivity index (χ3n) is 2.82. The van der Waals surface area contributed by atoms with Gasteiger partial charge >= 0.3 is 5.97 Å². The van der Waals surface area contributed by atoms with Crippen molar-refractivity contribution >= 4 is 17.3 Å². The summed E-state index contributed by atoms with van der Waals surface area (Å²) in [5, 5.41) is 18.0. The molecule has 1 aromatic rings. The number of anilines is 2. The highest BCUT2D eigenvalue weighted by Crippen LogP contribution is 2.29. The van der Waals surface area contributed by atoms with Crippen LogP contribution in [0.15, 0.2) is 18.2 Å². The third-order valence-corrected chi connectivity index (χ3v) is 2.82. The summed E-state index contributed by atoms with van der Waals surface area (Å²) in [6.07, 6.45) is -0.556. The van der Waals surface area contributed by atoms with Crippen molar-refractivity contribution in [2.24, 2.45) is 0 Å². The van der Waals surface area contributed by atoms with Gasteiger partial charge < -0.3 is 20.5 Å². The monoisotopic (exact) mass is 247 g/mol. The van der Waals surface area contributed by atoms with Crippen molar-refractivity contribution in [2.75, 3.05) is 30.3 Å². The molecule has 1 aromatic carbocycles. The molecule has 0 amide bonds. The van der Waals surface area contributed by atoms with Crippen molar-refractivity contribution < 1.29 is 14.6 Å². The minimum absolute atomic E-state index is 0.147. The predicted octanol–water partition coefficient (Wildman–Crippen LogP) is 0.696. The quantitative estimate of drug-likeness (QED) is 0.746. The van der Waals surface area contributed by atoms with Gasteiger partial charge in [-0.25, -0.2) is 4.79 Å². The van der Waals surface area contributed by atoms with Gasteiger partial charge in [0.15, 0.2) is 6.10 Å². The number of ether oxygens (including phenoxy) is 1. The summed E-state index contributed by atoms with van der Waals surface area (Å²) in [6, 6.07) is 6.78. The van der Waals surface area contributed by atoms with Gasteiger partial charge in [-0.2, -0.15) is 5.26 Å². The Hall–Kier alpha value is -2.26. The standard InChI is InChI=1S/C12H13N3O3/c13-6-8-7-15(4-5-18-8)11-9(12(16)17)2-1-3-10(11)14/h1-3,8H,4-5,7,14H2,(H,16,17). The number of nitrogens with zero attached hydrogens (tertiary/aromatic N) is 2. The molecule has 3 N–H and O–H groups in total. The zero-order valence-corrected chi connectivity index (χ0v) is 9.67. The zero-order chi connectivity index (χ0) is 13.1. The SMILES string of the molecule is N#CC1CN(c2c(N)cccc2C(=O)O)CCO1. The van der Waals surface area contributed by atoms with E-state index in [0.717, 1.165) is 0 Å². The largest absolute Gasteiger partial charge is 0.478 e. The number of rotatable bonds is 2. The molecule has 1 unspecified atom stereocenters. The fourth-order valence-corrected chi connectivity index (χ4v) is 2.02. The van der Waals surface area contributed by atoms with E-state index in [2.05, 4.69) is 0 Å². The van der Waals surface area contributed by atoms with Gasteiger partial charge in [0.2, 0.25) is 0 Å². The summed E-state index contributed by atoms with van der Waals surface area (Å²) in [4.78, 5) is 13.0. The molecule has 18 heavy (non-hydrogen) atoms. The Kier molecular flexibility index (Phi) is 3.35. The normalized spacial score (nSPS) is 19.3. The number of hydrogen-bond donors (Lipinski definition) is 2. The first-order chi connectivity index (χ1) is 8.63. The molecule has 0 radical (unpaired) electrons. The van der Waals surface area contributed by atoms with Gasteiger partial charge in [0.1, 0.15) is 0 Å². The van der Waals surface area contributed by atoms with Crippen molar-refractivity contribution in [1.82, 2.24) is 0 Å². The highest BCUT2D eigenvalue weighted by molar-refractivity contribution is 5.98. The summed E-state index contributed by atoms with van der Waals surface area (Å²) in [6.45, 7) is 1.23. The lowest BCUT2D eigenvalue weighted by atomic mass is 10.1. The van der Waals surface area contributed by atoms with Crippen LogP contribution in [0.3, 0.4) is 0 Å². The van der Waals surface area contributed by atoms with E-state index in [1.165, 1.54) is 6.07 Å². The Morgan fingerprint density at radius 2 is 2.39 bits per heavy atom. The summed E-state index contributed by atoms with van der Waals surface area (Å²) in [5.41, 5.74) is 6.86. The maximum Gasteiger partial charge on any atom is 0.337 e. The molecule has 1 heterocycles. The van der Waals surface area contributed by atoms with Crippen LogP contribution in [0.5, 0.6) is 0 Å². The van der Waals surface area contributed by atoms with Gasteiger partial charge in [0.05, 0.1) is 36.2 Å². The van der Waals surface area contributed by atoms with Crippen molar-refractivity contribution in [3.8, 4) is 6.07 Å². The molecule has 1 fully saturated rings. The van der Waals surface area contributed by atoms with Crippen LogP contribution in [0, 0.1) is 11.3 Å². The number of nitrogens with two attached hydrogens (primary N) is 1. The van der Waals surface area contributed by atoms with Crippen LogP contribution in [-0.2, 0) is 4.74 Å². The number of carbonyl (C=O) groups is 1. The Morgan fingerprint density at radius 1 is 1.61 bits per heavy atom. The number of carboxylic acids is 1. The number of carboxylic acid groups (broad SMARTS) is 1. The van der Waals surface area contributed by atoms with E-state index in [1.54, 1.807) is 17.0 Å². The van der Waals surface area contributed by atoms with Gasteiger partial charge in [-0.15, -0.1) is 0 Å². The van der Waals surface area contributed by atoms with Crippen molar-refractivity contribution in [2.45, 2.75) is 6.10 Å². The van der Waals surface area contributed by atoms with Gasteiger partial charge in [-0.05, 0) is 12.1 Å². The smallest absolute Gasteiger partial charge is 0.337 e. The van der Waals surface area contributed by atoms with Gasteiger partial charge in [-0.3, -0.25) is 0 Å². The van der Waals surface area contributed by atoms with Gasteiger partial charge in [-0.1, -0.05) is 6.07 Å². The number of nitrogen functional groups attached to an aromatic ring is 1. The first kappa shape index (κ1) is 12.2. The van der Waals surface area contributed by atoms with Gasteiger partial charge in [0.25, 0.3) is 0 Å². The number of benzene rings is 1. The topological polar surface area (TPSA) is 99.6 Å². The Labute approximate surface area is 104 Å². The fourth-order valence-electron chi connectivity index (χ4n) is 2.02. The van der Waals surface area contributed by atoms with Crippen LogP contribution in [0.2, 0.25) is 0 Å². The van der Waals surface area contributed by atoms with Crippen LogP contribution in [0.25, 0.3) is 0 Å². The zero-order valence-electron chi connectivity index (χ0n) is 9.67.